The van der Waals surface area contributed by atoms with E-state index in [2.05, 4.69) is 15.0 Å². The van der Waals surface area contributed by atoms with Crippen LogP contribution in [0.2, 0.25) is 0 Å². The third kappa shape index (κ3) is 6.92. The Morgan fingerprint density at radius 2 is 1.80 bits per heavy atom. The van der Waals surface area contributed by atoms with Crippen LogP contribution in [0.3, 0.4) is 0 Å². The van der Waals surface area contributed by atoms with Gasteiger partial charge in [-0.1, -0.05) is 6.07 Å². The Balaban J connectivity index is 1.35. The average molecular weight is 561 g/mol. The van der Waals surface area contributed by atoms with Gasteiger partial charge in [0.1, 0.15) is 12.1 Å². The highest BCUT2D eigenvalue weighted by Crippen LogP contribution is 2.28. The van der Waals surface area contributed by atoms with E-state index in [0.717, 1.165) is 16.7 Å². The number of aliphatic hydroxyl groups is 1. The smallest absolute Gasteiger partial charge is 0.333 e. The fourth-order valence-electron chi connectivity index (χ4n) is 3.99. The molecule has 0 aliphatic heterocycles. The summed E-state index contributed by atoms with van der Waals surface area (Å²) in [5.74, 6) is -3.29. The first-order valence-electron chi connectivity index (χ1n) is 12.5. The zero-order chi connectivity index (χ0) is 29.6. The van der Waals surface area contributed by atoms with E-state index in [1.165, 1.54) is 24.0 Å². The predicted molar refractivity (Wildman–Crippen MR) is 140 cm³/mol. The lowest BCUT2D eigenvalue weighted by Gasteiger charge is -2.17. The average Bonchev–Trinajstić information content (AvgIpc) is 3.31. The molecule has 0 aliphatic rings. The van der Waals surface area contributed by atoms with Gasteiger partial charge in [0.25, 0.3) is 5.56 Å². The Morgan fingerprint density at radius 3 is 2.50 bits per heavy atom. The van der Waals surface area contributed by atoms with Crippen LogP contribution < -0.4 is 22.3 Å². The molecule has 0 spiro atoms. The van der Waals surface area contributed by atoms with Crippen LogP contribution in [0, 0.1) is 0 Å². The number of hydrogen-bond acceptors (Lipinski definition) is 11. The van der Waals surface area contributed by atoms with Crippen molar-refractivity contribution in [2.24, 2.45) is 19.8 Å². The second-order valence-corrected chi connectivity index (χ2v) is 9.25. The number of nitrogens with one attached hydrogen (secondary N) is 1. The number of esters is 2. The lowest BCUT2D eigenvalue weighted by atomic mass is 10.0. The normalized spacial score (nSPS) is 12.7. The van der Waals surface area contributed by atoms with Crippen molar-refractivity contribution in [2.45, 2.75) is 50.8 Å². The number of benzene rings is 1. The molecule has 15 heteroatoms. The Morgan fingerprint density at radius 1 is 1.07 bits per heavy atom. The molecule has 1 amide bonds. The molecule has 0 fully saturated rings. The number of imidazole rings is 1. The Hall–Kier alpha value is -4.50. The third-order valence-electron chi connectivity index (χ3n) is 6.28. The number of ether oxygens (including phenoxy) is 1. The maximum Gasteiger partial charge on any atom is 0.333 e. The molecular formula is C25H32N6O9. The van der Waals surface area contributed by atoms with Gasteiger partial charge in [-0.3, -0.25) is 23.5 Å². The highest BCUT2D eigenvalue weighted by Gasteiger charge is 2.28. The van der Waals surface area contributed by atoms with Gasteiger partial charge >= 0.3 is 17.6 Å². The molecule has 6 N–H and O–H groups in total. The SMILES string of the molecule is Cn1cnc2c1c(=O)n(CCCCC(=O)NCCCC(=O)OC(=O)[C@@H](N)[C@H](O)c1ccc(O)c(O)c1)c(=O)n2C. The van der Waals surface area contributed by atoms with Crippen molar-refractivity contribution in [1.82, 2.24) is 24.0 Å². The minimum atomic E-state index is -1.62. The van der Waals surface area contributed by atoms with E-state index in [0.29, 0.717) is 24.0 Å². The highest BCUT2D eigenvalue weighted by atomic mass is 16.6. The maximum atomic E-state index is 12.7. The van der Waals surface area contributed by atoms with Crippen molar-refractivity contribution in [1.29, 1.82) is 0 Å². The van der Waals surface area contributed by atoms with Gasteiger partial charge in [-0.25, -0.2) is 14.6 Å². The standard InChI is InChI=1S/C25H32N6O9/c1-29-13-28-22-20(29)23(37)31(25(39)30(22)2)11-4-3-6-17(34)27-10-5-7-18(35)40-24(38)19(26)21(36)14-8-9-15(32)16(33)12-14/h8-9,12-13,19,21,32-33,36H,3-7,10-11,26H2,1-2H3,(H,27,34)/t19-,21+/m0/s1. The Bertz CT molecular complexity index is 1520. The number of amides is 1. The predicted octanol–water partition coefficient (Wildman–Crippen LogP) is -0.958. The van der Waals surface area contributed by atoms with E-state index in [4.69, 9.17) is 5.73 Å². The van der Waals surface area contributed by atoms with Gasteiger partial charge in [0.05, 0.1) is 6.33 Å². The van der Waals surface area contributed by atoms with Crippen LogP contribution in [-0.2, 0) is 39.8 Å². The number of fused-ring (bicyclic) bond motifs is 1. The summed E-state index contributed by atoms with van der Waals surface area (Å²) in [6.45, 7) is 0.283. The molecule has 3 aromatic rings. The molecule has 2 aromatic heterocycles. The topological polar surface area (TPSA) is 221 Å². The number of carbonyl (C=O) groups is 3. The number of carbonyl (C=O) groups excluding carboxylic acids is 3. The van der Waals surface area contributed by atoms with E-state index in [-0.39, 0.29) is 43.8 Å². The summed E-state index contributed by atoms with van der Waals surface area (Å²) in [5.41, 5.74) is 5.38. The number of hydrogen-bond donors (Lipinski definition) is 5. The first-order valence-corrected chi connectivity index (χ1v) is 12.5. The van der Waals surface area contributed by atoms with Gasteiger partial charge in [-0.15, -0.1) is 0 Å². The second kappa shape index (κ2) is 13.0. The molecule has 40 heavy (non-hydrogen) atoms. The van der Waals surface area contributed by atoms with Crippen LogP contribution in [0.15, 0.2) is 34.1 Å². The quantitative estimate of drug-likeness (QED) is 0.0785. The molecule has 0 radical (unpaired) electrons. The van der Waals surface area contributed by atoms with Gasteiger partial charge in [-0.2, -0.15) is 0 Å². The molecule has 0 saturated heterocycles. The van der Waals surface area contributed by atoms with Gasteiger partial charge in [-0.05, 0) is 37.0 Å². The monoisotopic (exact) mass is 560 g/mol. The minimum Gasteiger partial charge on any atom is -0.504 e. The lowest BCUT2D eigenvalue weighted by molar-refractivity contribution is -0.162. The first kappa shape index (κ1) is 30.0. The maximum absolute atomic E-state index is 12.7. The van der Waals surface area contributed by atoms with Crippen molar-refractivity contribution in [2.75, 3.05) is 6.54 Å². The van der Waals surface area contributed by atoms with Crippen molar-refractivity contribution in [3.8, 4) is 11.5 Å². The molecule has 15 nitrogen and oxygen atoms in total. The number of aliphatic hydroxyl groups excluding tert-OH is 1. The van der Waals surface area contributed by atoms with Crippen molar-refractivity contribution in [3.05, 3.63) is 50.9 Å². The van der Waals surface area contributed by atoms with E-state index in [1.807, 2.05) is 0 Å². The van der Waals surface area contributed by atoms with Crippen LogP contribution in [0.4, 0.5) is 0 Å². The zero-order valence-corrected chi connectivity index (χ0v) is 22.1. The Labute approximate surface area is 227 Å². The summed E-state index contributed by atoms with van der Waals surface area (Å²) in [4.78, 5) is 65.4. The molecule has 216 valence electrons. The summed E-state index contributed by atoms with van der Waals surface area (Å²) < 4.78 is 8.62. The number of phenolic OH excluding ortho intramolecular Hbond substituents is 2. The molecule has 0 bridgehead atoms. The number of aryl methyl sites for hydroxylation is 2. The summed E-state index contributed by atoms with van der Waals surface area (Å²) >= 11 is 0. The van der Waals surface area contributed by atoms with E-state index in [9.17, 15) is 39.3 Å². The highest BCUT2D eigenvalue weighted by molar-refractivity contribution is 5.88. The third-order valence-corrected chi connectivity index (χ3v) is 6.28. The van der Waals surface area contributed by atoms with Gasteiger partial charge in [0.2, 0.25) is 5.91 Å². The largest absolute Gasteiger partial charge is 0.504 e. The van der Waals surface area contributed by atoms with Crippen molar-refractivity contribution < 1.29 is 34.4 Å². The molecular weight excluding hydrogens is 528 g/mol. The zero-order valence-electron chi connectivity index (χ0n) is 22.1. The fourth-order valence-corrected chi connectivity index (χ4v) is 3.99. The van der Waals surface area contributed by atoms with Gasteiger partial charge in [0, 0.05) is 40.0 Å². The number of aromatic hydroxyl groups is 2. The molecule has 0 aliphatic carbocycles. The van der Waals surface area contributed by atoms with Crippen LogP contribution in [0.5, 0.6) is 11.5 Å². The lowest BCUT2D eigenvalue weighted by Crippen LogP contribution is -2.39. The Kier molecular flexibility index (Phi) is 9.79. The number of nitrogens with two attached hydrogens (primary N) is 1. The van der Waals surface area contributed by atoms with Crippen LogP contribution in [0.1, 0.15) is 43.8 Å². The number of aromatic nitrogens is 4. The molecule has 1 aromatic carbocycles. The number of phenols is 2. The summed E-state index contributed by atoms with van der Waals surface area (Å²) in [7, 11) is 3.20. The van der Waals surface area contributed by atoms with Crippen molar-refractivity contribution in [3.63, 3.8) is 0 Å². The fraction of sp³-hybridized carbons (Fsp3) is 0.440. The summed E-state index contributed by atoms with van der Waals surface area (Å²) in [6.07, 6.45) is 0.826. The molecule has 0 saturated carbocycles. The van der Waals surface area contributed by atoms with Crippen LogP contribution in [-0.4, -0.2) is 64.4 Å². The molecule has 2 heterocycles. The second-order valence-electron chi connectivity index (χ2n) is 9.25. The number of nitrogens with zero attached hydrogens (tertiary/aromatic N) is 4. The molecule has 0 unspecified atom stereocenters. The van der Waals surface area contributed by atoms with Gasteiger partial charge in [0.15, 0.2) is 22.7 Å². The number of unbranched alkanes of at least 4 members (excludes halogenated alkanes) is 1. The first-order chi connectivity index (χ1) is 18.9. The van der Waals surface area contributed by atoms with Crippen LogP contribution >= 0.6 is 0 Å². The van der Waals surface area contributed by atoms with E-state index in [1.54, 1.807) is 11.6 Å². The summed E-state index contributed by atoms with van der Waals surface area (Å²) in [6, 6.07) is 1.77. The molecule has 2 atom stereocenters. The van der Waals surface area contributed by atoms with Crippen LogP contribution in [0.25, 0.3) is 11.2 Å². The summed E-state index contributed by atoms with van der Waals surface area (Å²) in [5, 5.41) is 31.7. The van der Waals surface area contributed by atoms with E-state index >= 15 is 0 Å². The van der Waals surface area contributed by atoms with Gasteiger partial charge < -0.3 is 35.7 Å². The number of rotatable bonds is 12. The minimum absolute atomic E-state index is 0.0407. The molecule has 3 rings (SSSR count). The van der Waals surface area contributed by atoms with E-state index < -0.39 is 46.8 Å². The van der Waals surface area contributed by atoms with Crippen molar-refractivity contribution >= 4 is 29.0 Å².